The van der Waals surface area contributed by atoms with Crippen LogP contribution in [0.5, 0.6) is 0 Å². The molecule has 0 aromatic heterocycles. The van der Waals surface area contributed by atoms with E-state index in [0.717, 1.165) is 39.0 Å². The number of nitrogens with zero attached hydrogens (tertiary/aromatic N) is 3. The van der Waals surface area contributed by atoms with Gasteiger partial charge in [-0.1, -0.05) is 0 Å². The van der Waals surface area contributed by atoms with Gasteiger partial charge in [0.15, 0.2) is 0 Å². The summed E-state index contributed by atoms with van der Waals surface area (Å²) < 4.78 is 0. The van der Waals surface area contributed by atoms with E-state index < -0.39 is 0 Å². The second-order valence-corrected chi connectivity index (χ2v) is 5.73. The molecule has 0 saturated carbocycles. The molecule has 0 aromatic carbocycles. The van der Waals surface area contributed by atoms with Crippen LogP contribution in [-0.4, -0.2) is 79.5 Å². The highest BCUT2D eigenvalue weighted by Gasteiger charge is 2.31. The molecule has 0 bridgehead atoms. The summed E-state index contributed by atoms with van der Waals surface area (Å²) in [6.07, 6.45) is 1.59. The third kappa shape index (κ3) is 3.62. The maximum Gasteiger partial charge on any atom is 0.317 e. The van der Waals surface area contributed by atoms with Crippen molar-refractivity contribution in [1.29, 1.82) is 0 Å². The van der Waals surface area contributed by atoms with E-state index >= 15 is 0 Å². The summed E-state index contributed by atoms with van der Waals surface area (Å²) in [5.74, 6) is 0.387. The summed E-state index contributed by atoms with van der Waals surface area (Å²) in [4.78, 5) is 30.2. The van der Waals surface area contributed by atoms with Crippen LogP contribution in [0.3, 0.4) is 0 Å². The van der Waals surface area contributed by atoms with Crippen LogP contribution >= 0.6 is 0 Å². The van der Waals surface area contributed by atoms with Crippen molar-refractivity contribution in [3.8, 4) is 0 Å². The minimum absolute atomic E-state index is 0.00186. The lowest BCUT2D eigenvalue weighted by Crippen LogP contribution is -2.51. The Balaban J connectivity index is 1.78. The summed E-state index contributed by atoms with van der Waals surface area (Å²) in [5, 5.41) is 2.81. The molecule has 6 heteroatoms. The van der Waals surface area contributed by atoms with E-state index in [2.05, 4.69) is 17.3 Å². The SMILES string of the molecule is CCNC(=O)N1CCC(C(=O)N2CCN(C)CC2)CC1. The second-order valence-electron chi connectivity index (χ2n) is 5.73. The van der Waals surface area contributed by atoms with Crippen molar-refractivity contribution in [2.45, 2.75) is 19.8 Å². The lowest BCUT2D eigenvalue weighted by Gasteiger charge is -2.37. The quantitative estimate of drug-likeness (QED) is 0.787. The number of urea groups is 1. The molecular formula is C14H26N4O2. The van der Waals surface area contributed by atoms with E-state index in [1.807, 2.05) is 16.7 Å². The number of nitrogens with one attached hydrogen (secondary N) is 1. The van der Waals surface area contributed by atoms with E-state index in [1.165, 1.54) is 0 Å². The number of amides is 3. The van der Waals surface area contributed by atoms with Gasteiger partial charge in [-0.05, 0) is 26.8 Å². The zero-order valence-corrected chi connectivity index (χ0v) is 12.6. The first-order valence-electron chi connectivity index (χ1n) is 7.62. The predicted octanol–water partition coefficient (Wildman–Crippen LogP) is 0.202. The van der Waals surface area contributed by atoms with Gasteiger partial charge in [0.25, 0.3) is 0 Å². The second kappa shape index (κ2) is 6.92. The predicted molar refractivity (Wildman–Crippen MR) is 77.4 cm³/mol. The van der Waals surface area contributed by atoms with Gasteiger partial charge in [-0.25, -0.2) is 4.79 Å². The summed E-state index contributed by atoms with van der Waals surface area (Å²) in [6, 6.07) is -0.00186. The zero-order chi connectivity index (χ0) is 14.5. The molecule has 114 valence electrons. The molecule has 3 amide bonds. The molecule has 0 unspecified atom stereocenters. The number of hydrogen-bond donors (Lipinski definition) is 1. The van der Waals surface area contributed by atoms with Crippen molar-refractivity contribution in [1.82, 2.24) is 20.0 Å². The van der Waals surface area contributed by atoms with Gasteiger partial charge in [0.2, 0.25) is 5.91 Å². The van der Waals surface area contributed by atoms with Crippen LogP contribution in [0.25, 0.3) is 0 Å². The number of carbonyl (C=O) groups is 2. The van der Waals surface area contributed by atoms with Crippen LogP contribution in [0.1, 0.15) is 19.8 Å². The molecule has 2 rings (SSSR count). The van der Waals surface area contributed by atoms with E-state index in [-0.39, 0.29) is 17.9 Å². The van der Waals surface area contributed by atoms with Crippen LogP contribution in [-0.2, 0) is 4.79 Å². The lowest BCUT2D eigenvalue weighted by molar-refractivity contribution is -0.138. The molecular weight excluding hydrogens is 256 g/mol. The van der Waals surface area contributed by atoms with Gasteiger partial charge < -0.3 is 20.0 Å². The maximum atomic E-state index is 12.5. The Bertz CT molecular complexity index is 345. The smallest absolute Gasteiger partial charge is 0.317 e. The molecule has 2 saturated heterocycles. The van der Waals surface area contributed by atoms with Crippen molar-refractivity contribution < 1.29 is 9.59 Å². The van der Waals surface area contributed by atoms with Crippen molar-refractivity contribution >= 4 is 11.9 Å². The highest BCUT2D eigenvalue weighted by molar-refractivity contribution is 5.80. The first kappa shape index (κ1) is 15.1. The Morgan fingerprint density at radius 3 is 2.15 bits per heavy atom. The number of hydrogen-bond acceptors (Lipinski definition) is 3. The highest BCUT2D eigenvalue weighted by Crippen LogP contribution is 2.20. The average Bonchev–Trinajstić information content (AvgIpc) is 2.48. The van der Waals surface area contributed by atoms with Crippen molar-refractivity contribution in [2.75, 3.05) is 52.9 Å². The highest BCUT2D eigenvalue weighted by atomic mass is 16.2. The van der Waals surface area contributed by atoms with E-state index in [9.17, 15) is 9.59 Å². The minimum Gasteiger partial charge on any atom is -0.340 e. The van der Waals surface area contributed by atoms with Crippen LogP contribution < -0.4 is 5.32 Å². The molecule has 2 aliphatic heterocycles. The van der Waals surface area contributed by atoms with Gasteiger partial charge in [-0.2, -0.15) is 0 Å². The van der Waals surface area contributed by atoms with Crippen molar-refractivity contribution in [2.24, 2.45) is 5.92 Å². The molecule has 0 atom stereocenters. The minimum atomic E-state index is -0.00186. The van der Waals surface area contributed by atoms with Crippen molar-refractivity contribution in [3.63, 3.8) is 0 Å². The first-order chi connectivity index (χ1) is 9.61. The van der Waals surface area contributed by atoms with Crippen LogP contribution in [0.2, 0.25) is 0 Å². The molecule has 20 heavy (non-hydrogen) atoms. The van der Waals surface area contributed by atoms with E-state index in [4.69, 9.17) is 0 Å². The molecule has 0 aromatic rings. The van der Waals surface area contributed by atoms with Crippen LogP contribution in [0.15, 0.2) is 0 Å². The number of likely N-dealkylation sites (N-methyl/N-ethyl adjacent to an activating group) is 1. The molecule has 2 aliphatic rings. The third-order valence-corrected chi connectivity index (χ3v) is 4.27. The Morgan fingerprint density at radius 1 is 1.00 bits per heavy atom. The summed E-state index contributed by atoms with van der Waals surface area (Å²) >= 11 is 0. The Morgan fingerprint density at radius 2 is 1.60 bits per heavy atom. The number of likely N-dealkylation sites (tertiary alicyclic amines) is 1. The monoisotopic (exact) mass is 282 g/mol. The molecule has 1 N–H and O–H groups in total. The molecule has 0 aliphatic carbocycles. The number of piperidine rings is 1. The fourth-order valence-electron chi connectivity index (χ4n) is 2.88. The van der Waals surface area contributed by atoms with Gasteiger partial charge in [0.1, 0.15) is 0 Å². The molecule has 2 heterocycles. The Kier molecular flexibility index (Phi) is 5.23. The maximum absolute atomic E-state index is 12.5. The number of piperazine rings is 1. The first-order valence-corrected chi connectivity index (χ1v) is 7.62. The van der Waals surface area contributed by atoms with Gasteiger partial charge in [0.05, 0.1) is 0 Å². The van der Waals surface area contributed by atoms with Gasteiger partial charge in [0, 0.05) is 51.7 Å². The normalized spacial score (nSPS) is 21.9. The average molecular weight is 282 g/mol. The zero-order valence-electron chi connectivity index (χ0n) is 12.6. The van der Waals surface area contributed by atoms with E-state index in [0.29, 0.717) is 19.6 Å². The summed E-state index contributed by atoms with van der Waals surface area (Å²) in [7, 11) is 2.09. The number of rotatable bonds is 2. The van der Waals surface area contributed by atoms with Gasteiger partial charge >= 0.3 is 6.03 Å². The fourth-order valence-corrected chi connectivity index (χ4v) is 2.88. The van der Waals surface area contributed by atoms with Crippen molar-refractivity contribution in [3.05, 3.63) is 0 Å². The fraction of sp³-hybridized carbons (Fsp3) is 0.857. The Labute approximate surface area is 121 Å². The third-order valence-electron chi connectivity index (χ3n) is 4.27. The van der Waals surface area contributed by atoms with Gasteiger partial charge in [-0.3, -0.25) is 4.79 Å². The summed E-state index contributed by atoms with van der Waals surface area (Å²) in [6.45, 7) is 7.55. The lowest BCUT2D eigenvalue weighted by atomic mass is 9.95. The Hall–Kier alpha value is -1.30. The van der Waals surface area contributed by atoms with Crippen LogP contribution in [0.4, 0.5) is 4.79 Å². The van der Waals surface area contributed by atoms with E-state index in [1.54, 1.807) is 0 Å². The van der Waals surface area contributed by atoms with Gasteiger partial charge in [-0.15, -0.1) is 0 Å². The van der Waals surface area contributed by atoms with Crippen LogP contribution in [0, 0.1) is 5.92 Å². The molecule has 0 spiro atoms. The standard InChI is InChI=1S/C14H26N4O2/c1-3-15-14(20)18-6-4-12(5-7-18)13(19)17-10-8-16(2)9-11-17/h12H,3-11H2,1-2H3,(H,15,20). The topological polar surface area (TPSA) is 55.9 Å². The molecule has 6 nitrogen and oxygen atoms in total. The molecule has 2 fully saturated rings. The summed E-state index contributed by atoms with van der Waals surface area (Å²) in [5.41, 5.74) is 0. The number of carbonyl (C=O) groups excluding carboxylic acids is 2. The molecule has 0 radical (unpaired) electrons. The largest absolute Gasteiger partial charge is 0.340 e.